The molecule has 4 nitrogen and oxygen atoms in total. The Morgan fingerprint density at radius 2 is 1.50 bits per heavy atom. The van der Waals surface area contributed by atoms with E-state index in [9.17, 15) is 9.59 Å². The molecule has 2 aromatic rings. The molecule has 1 aliphatic heterocycles. The Bertz CT molecular complexity index is 738. The molecule has 2 aromatic carbocycles. The standard InChI is InChI=1S/C15H9BrN2O2/c16-9-5-7-10(8-6-9)18-14(17)13(19)11-3-1-2-4-12(11)15(18)20/h1-8,17H. The van der Waals surface area contributed by atoms with Gasteiger partial charge in [0.05, 0.1) is 11.3 Å². The van der Waals surface area contributed by atoms with Crippen LogP contribution < -0.4 is 4.90 Å². The van der Waals surface area contributed by atoms with Crippen molar-refractivity contribution in [2.24, 2.45) is 0 Å². The zero-order valence-corrected chi connectivity index (χ0v) is 11.8. The van der Waals surface area contributed by atoms with Gasteiger partial charge in [0.15, 0.2) is 5.84 Å². The molecule has 0 unspecified atom stereocenters. The van der Waals surface area contributed by atoms with E-state index in [2.05, 4.69) is 15.9 Å². The number of fused-ring (bicyclic) bond motifs is 1. The second kappa shape index (κ2) is 4.68. The van der Waals surface area contributed by atoms with E-state index in [4.69, 9.17) is 5.41 Å². The lowest BCUT2D eigenvalue weighted by Gasteiger charge is -2.27. The number of amidine groups is 1. The Labute approximate surface area is 123 Å². The Kier molecular flexibility index (Phi) is 2.99. The topological polar surface area (TPSA) is 61.2 Å². The number of nitrogens with one attached hydrogen (secondary N) is 1. The van der Waals surface area contributed by atoms with Crippen LogP contribution in [0.5, 0.6) is 0 Å². The molecule has 0 saturated carbocycles. The van der Waals surface area contributed by atoms with Gasteiger partial charge in [-0.1, -0.05) is 34.1 Å². The molecule has 98 valence electrons. The molecular formula is C15H9BrN2O2. The first-order valence-electron chi connectivity index (χ1n) is 5.92. The normalized spacial score (nSPS) is 14.4. The van der Waals surface area contributed by atoms with E-state index >= 15 is 0 Å². The SMILES string of the molecule is N=C1C(=O)c2ccccc2C(=O)N1c1ccc(Br)cc1. The van der Waals surface area contributed by atoms with E-state index in [1.165, 1.54) is 0 Å². The number of hydrogen-bond acceptors (Lipinski definition) is 3. The molecule has 3 rings (SSSR count). The number of nitrogens with zero attached hydrogens (tertiary/aromatic N) is 1. The lowest BCUT2D eigenvalue weighted by molar-refractivity contribution is 0.0966. The molecule has 0 radical (unpaired) electrons. The summed E-state index contributed by atoms with van der Waals surface area (Å²) < 4.78 is 0.865. The van der Waals surface area contributed by atoms with Crippen LogP contribution in [0.4, 0.5) is 5.69 Å². The van der Waals surface area contributed by atoms with Gasteiger partial charge in [0.1, 0.15) is 0 Å². The van der Waals surface area contributed by atoms with Crippen LogP contribution in [-0.4, -0.2) is 17.5 Å². The van der Waals surface area contributed by atoms with Gasteiger partial charge < -0.3 is 0 Å². The summed E-state index contributed by atoms with van der Waals surface area (Å²) in [4.78, 5) is 25.8. The minimum absolute atomic E-state index is 0.288. The van der Waals surface area contributed by atoms with E-state index < -0.39 is 5.78 Å². The minimum atomic E-state index is -0.442. The zero-order valence-electron chi connectivity index (χ0n) is 10.3. The van der Waals surface area contributed by atoms with Crippen molar-refractivity contribution in [1.29, 1.82) is 5.41 Å². The van der Waals surface area contributed by atoms with Crippen molar-refractivity contribution >= 4 is 39.1 Å². The van der Waals surface area contributed by atoms with E-state index in [1.54, 1.807) is 48.5 Å². The lowest BCUT2D eigenvalue weighted by atomic mass is 9.96. The van der Waals surface area contributed by atoms with Crippen LogP contribution in [0.2, 0.25) is 0 Å². The number of amides is 1. The maximum absolute atomic E-state index is 12.5. The van der Waals surface area contributed by atoms with Crippen molar-refractivity contribution < 1.29 is 9.59 Å². The first kappa shape index (κ1) is 12.7. The van der Waals surface area contributed by atoms with Crippen molar-refractivity contribution in [1.82, 2.24) is 0 Å². The quantitative estimate of drug-likeness (QED) is 0.873. The van der Waals surface area contributed by atoms with Gasteiger partial charge in [0.2, 0.25) is 5.78 Å². The van der Waals surface area contributed by atoms with Gasteiger partial charge in [-0.25, -0.2) is 0 Å². The fraction of sp³-hybridized carbons (Fsp3) is 0. The number of anilines is 1. The third kappa shape index (κ3) is 1.87. The van der Waals surface area contributed by atoms with E-state index in [0.717, 1.165) is 9.37 Å². The van der Waals surface area contributed by atoms with Crippen molar-refractivity contribution in [3.8, 4) is 0 Å². The highest BCUT2D eigenvalue weighted by Crippen LogP contribution is 2.26. The molecule has 0 bridgehead atoms. The summed E-state index contributed by atoms with van der Waals surface area (Å²) in [5.74, 6) is -1.12. The molecule has 0 atom stereocenters. The fourth-order valence-electron chi connectivity index (χ4n) is 2.16. The fourth-order valence-corrected chi connectivity index (χ4v) is 2.42. The summed E-state index contributed by atoms with van der Waals surface area (Å²) in [6.07, 6.45) is 0. The number of rotatable bonds is 1. The average molecular weight is 329 g/mol. The highest BCUT2D eigenvalue weighted by atomic mass is 79.9. The number of Topliss-reactive ketones (excluding diaryl/α,β-unsaturated/α-hetero) is 1. The van der Waals surface area contributed by atoms with Crippen molar-refractivity contribution in [2.45, 2.75) is 0 Å². The molecule has 0 spiro atoms. The maximum atomic E-state index is 12.5. The average Bonchev–Trinajstić information content (AvgIpc) is 2.47. The second-order valence-electron chi connectivity index (χ2n) is 4.34. The minimum Gasteiger partial charge on any atom is -0.285 e. The van der Waals surface area contributed by atoms with Gasteiger partial charge in [0, 0.05) is 10.0 Å². The third-order valence-corrected chi connectivity index (χ3v) is 3.66. The zero-order chi connectivity index (χ0) is 14.3. The summed E-state index contributed by atoms with van der Waals surface area (Å²) in [6.45, 7) is 0. The van der Waals surface area contributed by atoms with E-state index in [-0.39, 0.29) is 17.3 Å². The molecule has 5 heteroatoms. The third-order valence-electron chi connectivity index (χ3n) is 3.13. The molecule has 1 amide bonds. The molecule has 0 aromatic heterocycles. The summed E-state index contributed by atoms with van der Waals surface area (Å²) in [5, 5.41) is 7.95. The molecule has 0 saturated heterocycles. The Morgan fingerprint density at radius 1 is 0.900 bits per heavy atom. The molecule has 1 heterocycles. The van der Waals surface area contributed by atoms with Crippen molar-refractivity contribution in [2.75, 3.05) is 4.90 Å². The van der Waals surface area contributed by atoms with Gasteiger partial charge in [-0.05, 0) is 30.3 Å². The first-order valence-corrected chi connectivity index (χ1v) is 6.71. The molecular weight excluding hydrogens is 320 g/mol. The van der Waals surface area contributed by atoms with Crippen LogP contribution in [0.1, 0.15) is 20.7 Å². The highest BCUT2D eigenvalue weighted by Gasteiger charge is 2.35. The number of carbonyl (C=O) groups excluding carboxylic acids is 2. The molecule has 20 heavy (non-hydrogen) atoms. The maximum Gasteiger partial charge on any atom is 0.264 e. The van der Waals surface area contributed by atoms with E-state index in [1.807, 2.05) is 0 Å². The number of ketones is 1. The number of carbonyl (C=O) groups is 2. The predicted molar refractivity (Wildman–Crippen MR) is 79.5 cm³/mol. The summed E-state index contributed by atoms with van der Waals surface area (Å²) >= 11 is 3.31. The predicted octanol–water partition coefficient (Wildman–Crippen LogP) is 3.27. The molecule has 1 N–H and O–H groups in total. The van der Waals surface area contributed by atoms with Crippen LogP contribution in [0, 0.1) is 5.41 Å². The number of benzene rings is 2. The largest absolute Gasteiger partial charge is 0.285 e. The van der Waals surface area contributed by atoms with Crippen LogP contribution in [0.25, 0.3) is 0 Å². The molecule has 1 aliphatic rings. The van der Waals surface area contributed by atoms with Gasteiger partial charge in [-0.3, -0.25) is 19.9 Å². The smallest absolute Gasteiger partial charge is 0.264 e. The number of halogens is 1. The Balaban J connectivity index is 2.14. The van der Waals surface area contributed by atoms with Crippen molar-refractivity contribution in [3.05, 3.63) is 64.1 Å². The summed E-state index contributed by atoms with van der Waals surface area (Å²) in [5.41, 5.74) is 1.12. The van der Waals surface area contributed by atoms with Gasteiger partial charge in [-0.2, -0.15) is 0 Å². The van der Waals surface area contributed by atoms with Gasteiger partial charge >= 0.3 is 0 Å². The Morgan fingerprint density at radius 3 is 2.15 bits per heavy atom. The summed E-state index contributed by atoms with van der Waals surface area (Å²) in [6, 6.07) is 13.5. The van der Waals surface area contributed by atoms with Gasteiger partial charge in [-0.15, -0.1) is 0 Å². The van der Waals surface area contributed by atoms with Gasteiger partial charge in [0.25, 0.3) is 5.91 Å². The van der Waals surface area contributed by atoms with Crippen LogP contribution in [0.3, 0.4) is 0 Å². The lowest BCUT2D eigenvalue weighted by Crippen LogP contribution is -2.46. The first-order chi connectivity index (χ1) is 9.59. The van der Waals surface area contributed by atoms with Crippen LogP contribution >= 0.6 is 15.9 Å². The van der Waals surface area contributed by atoms with Crippen molar-refractivity contribution in [3.63, 3.8) is 0 Å². The van der Waals surface area contributed by atoms with E-state index in [0.29, 0.717) is 11.3 Å². The second-order valence-corrected chi connectivity index (χ2v) is 5.26. The molecule has 0 fully saturated rings. The van der Waals surface area contributed by atoms with Crippen LogP contribution in [-0.2, 0) is 0 Å². The Hall–Kier alpha value is -2.27. The highest BCUT2D eigenvalue weighted by molar-refractivity contribution is 9.10. The van der Waals surface area contributed by atoms with Crippen LogP contribution in [0.15, 0.2) is 53.0 Å². The number of hydrogen-bond donors (Lipinski definition) is 1. The monoisotopic (exact) mass is 328 g/mol. The molecule has 0 aliphatic carbocycles. The summed E-state index contributed by atoms with van der Waals surface area (Å²) in [7, 11) is 0.